The van der Waals surface area contributed by atoms with Gasteiger partial charge >= 0.3 is 0 Å². The van der Waals surface area contributed by atoms with Gasteiger partial charge in [0.05, 0.1) is 11.0 Å². The molecule has 0 saturated carbocycles. The monoisotopic (exact) mass is 458 g/mol. The minimum absolute atomic E-state index is 0.715. The van der Waals surface area contributed by atoms with Crippen LogP contribution in [-0.2, 0) is 0 Å². The Hall–Kier alpha value is -4.09. The fourth-order valence-corrected chi connectivity index (χ4v) is 4.60. The van der Waals surface area contributed by atoms with Crippen molar-refractivity contribution in [2.75, 3.05) is 4.90 Å². The van der Waals surface area contributed by atoms with Crippen LogP contribution in [0, 0.1) is 18.5 Å². The van der Waals surface area contributed by atoms with Gasteiger partial charge in [-0.1, -0.05) is 42.5 Å². The molecule has 0 unspecified atom stereocenters. The number of hydrogen-bond donors (Lipinski definition) is 1. The standard InChI is InChI=1S/C29H22N4S/c1-18-3-5-20-7-11-23(15-26(20)30-18)33(24-12-8-21-6-4-19(2)31-27(21)16-24)25-13-9-22-10-14-29(34)32-28(22)17-25/h3-17H,1-2H3,(H,32,34). The fourth-order valence-electron chi connectivity index (χ4n) is 4.42. The van der Waals surface area contributed by atoms with Gasteiger partial charge in [-0.25, -0.2) is 0 Å². The Morgan fingerprint density at radius 3 is 1.65 bits per heavy atom. The largest absolute Gasteiger partial charge is 0.346 e. The van der Waals surface area contributed by atoms with E-state index in [0.717, 1.165) is 61.2 Å². The summed E-state index contributed by atoms with van der Waals surface area (Å²) in [6, 6.07) is 31.5. The molecule has 0 atom stereocenters. The number of rotatable bonds is 3. The molecule has 5 heteroatoms. The Balaban J connectivity index is 1.60. The minimum atomic E-state index is 0.715. The van der Waals surface area contributed by atoms with E-state index >= 15 is 0 Å². The molecule has 0 aliphatic carbocycles. The summed E-state index contributed by atoms with van der Waals surface area (Å²) in [7, 11) is 0. The Bertz CT molecular complexity index is 1690. The van der Waals surface area contributed by atoms with Crippen LogP contribution < -0.4 is 4.90 Å². The molecule has 0 radical (unpaired) electrons. The molecule has 0 saturated heterocycles. The lowest BCUT2D eigenvalue weighted by atomic mass is 10.1. The van der Waals surface area contributed by atoms with Crippen molar-refractivity contribution in [2.24, 2.45) is 0 Å². The third-order valence-corrected chi connectivity index (χ3v) is 6.35. The zero-order valence-electron chi connectivity index (χ0n) is 18.9. The van der Waals surface area contributed by atoms with Crippen molar-refractivity contribution < 1.29 is 0 Å². The maximum Gasteiger partial charge on any atom is 0.103 e. The first kappa shape index (κ1) is 20.5. The van der Waals surface area contributed by atoms with Gasteiger partial charge in [-0.05, 0) is 79.9 Å². The molecule has 0 amide bonds. The molecule has 0 fully saturated rings. The van der Waals surface area contributed by atoms with Crippen molar-refractivity contribution >= 4 is 62.0 Å². The Morgan fingerprint density at radius 1 is 0.588 bits per heavy atom. The number of anilines is 3. The van der Waals surface area contributed by atoms with E-state index in [-0.39, 0.29) is 0 Å². The molecular formula is C29H22N4S. The van der Waals surface area contributed by atoms with Gasteiger partial charge < -0.3 is 9.88 Å². The molecular weight excluding hydrogens is 436 g/mol. The highest BCUT2D eigenvalue weighted by Gasteiger charge is 2.15. The number of aryl methyl sites for hydroxylation is 2. The number of aromatic amines is 1. The molecule has 0 spiro atoms. The molecule has 0 bridgehead atoms. The second kappa shape index (κ2) is 8.04. The molecule has 3 aromatic carbocycles. The summed E-state index contributed by atoms with van der Waals surface area (Å²) >= 11 is 5.38. The molecule has 34 heavy (non-hydrogen) atoms. The Kier molecular flexibility index (Phi) is 4.85. The highest BCUT2D eigenvalue weighted by Crippen LogP contribution is 2.38. The van der Waals surface area contributed by atoms with E-state index in [4.69, 9.17) is 22.2 Å². The molecule has 6 aromatic rings. The fraction of sp³-hybridized carbons (Fsp3) is 0.0690. The van der Waals surface area contributed by atoms with Crippen LogP contribution in [0.4, 0.5) is 17.1 Å². The number of aromatic nitrogens is 3. The third-order valence-electron chi connectivity index (χ3n) is 6.11. The lowest BCUT2D eigenvalue weighted by Gasteiger charge is -2.26. The van der Waals surface area contributed by atoms with Crippen LogP contribution in [0.5, 0.6) is 0 Å². The predicted molar refractivity (Wildman–Crippen MR) is 144 cm³/mol. The van der Waals surface area contributed by atoms with Gasteiger partial charge in [0.2, 0.25) is 0 Å². The highest BCUT2D eigenvalue weighted by molar-refractivity contribution is 7.71. The average Bonchev–Trinajstić information content (AvgIpc) is 2.83. The van der Waals surface area contributed by atoms with Crippen LogP contribution in [0.15, 0.2) is 91.0 Å². The van der Waals surface area contributed by atoms with Crippen LogP contribution in [0.2, 0.25) is 0 Å². The number of hydrogen-bond acceptors (Lipinski definition) is 4. The van der Waals surface area contributed by atoms with Gasteiger partial charge in [0.25, 0.3) is 0 Å². The van der Waals surface area contributed by atoms with Gasteiger partial charge in [-0.2, -0.15) is 0 Å². The Labute approximate surface area is 202 Å². The van der Waals surface area contributed by atoms with Crippen LogP contribution in [-0.4, -0.2) is 15.0 Å². The molecule has 164 valence electrons. The molecule has 1 N–H and O–H groups in total. The summed E-state index contributed by atoms with van der Waals surface area (Å²) in [5.41, 5.74) is 8.04. The first-order valence-electron chi connectivity index (χ1n) is 11.2. The van der Waals surface area contributed by atoms with Crippen molar-refractivity contribution in [3.8, 4) is 0 Å². The SMILES string of the molecule is Cc1ccc2ccc(N(c3ccc4ccc(C)nc4c3)c3ccc4ccc(=S)[nH]c4c3)cc2n1. The first-order valence-corrected chi connectivity index (χ1v) is 11.6. The van der Waals surface area contributed by atoms with Crippen molar-refractivity contribution in [1.82, 2.24) is 15.0 Å². The maximum absolute atomic E-state index is 5.38. The summed E-state index contributed by atoms with van der Waals surface area (Å²) in [5, 5.41) is 3.35. The van der Waals surface area contributed by atoms with E-state index in [2.05, 4.69) is 76.6 Å². The maximum atomic E-state index is 5.38. The topological polar surface area (TPSA) is 44.8 Å². The average molecular weight is 459 g/mol. The van der Waals surface area contributed by atoms with E-state index in [1.807, 2.05) is 38.1 Å². The number of fused-ring (bicyclic) bond motifs is 3. The van der Waals surface area contributed by atoms with Gasteiger partial charge in [0.1, 0.15) is 4.64 Å². The third kappa shape index (κ3) is 3.70. The second-order valence-corrected chi connectivity index (χ2v) is 9.03. The quantitative estimate of drug-likeness (QED) is 0.272. The van der Waals surface area contributed by atoms with E-state index in [9.17, 15) is 0 Å². The van der Waals surface area contributed by atoms with Crippen molar-refractivity contribution in [2.45, 2.75) is 13.8 Å². The molecule has 0 aliphatic heterocycles. The van der Waals surface area contributed by atoms with Crippen molar-refractivity contribution in [3.63, 3.8) is 0 Å². The number of H-pyrrole nitrogens is 1. The van der Waals surface area contributed by atoms with Crippen LogP contribution in [0.1, 0.15) is 11.4 Å². The van der Waals surface area contributed by atoms with Crippen molar-refractivity contribution in [1.29, 1.82) is 0 Å². The van der Waals surface area contributed by atoms with Crippen molar-refractivity contribution in [3.05, 3.63) is 107 Å². The van der Waals surface area contributed by atoms with E-state index in [1.165, 1.54) is 0 Å². The lowest BCUT2D eigenvalue weighted by molar-refractivity contribution is 1.23. The van der Waals surface area contributed by atoms with E-state index < -0.39 is 0 Å². The number of benzene rings is 3. The smallest absolute Gasteiger partial charge is 0.103 e. The molecule has 6 rings (SSSR count). The molecule has 4 nitrogen and oxygen atoms in total. The zero-order chi connectivity index (χ0) is 23.2. The van der Waals surface area contributed by atoms with Gasteiger partial charge in [0, 0.05) is 44.7 Å². The zero-order valence-corrected chi connectivity index (χ0v) is 19.7. The second-order valence-electron chi connectivity index (χ2n) is 8.59. The molecule has 3 heterocycles. The van der Waals surface area contributed by atoms with Gasteiger partial charge in [-0.3, -0.25) is 9.97 Å². The highest BCUT2D eigenvalue weighted by atomic mass is 32.1. The summed E-state index contributed by atoms with van der Waals surface area (Å²) in [4.78, 5) is 15.1. The number of nitrogens with zero attached hydrogens (tertiary/aromatic N) is 3. The van der Waals surface area contributed by atoms with E-state index in [1.54, 1.807) is 0 Å². The predicted octanol–water partition coefficient (Wildman–Crippen LogP) is 8.08. The summed E-state index contributed by atoms with van der Waals surface area (Å²) < 4.78 is 0.715. The minimum Gasteiger partial charge on any atom is -0.346 e. The molecule has 0 aliphatic rings. The first-order chi connectivity index (χ1) is 16.5. The Morgan fingerprint density at radius 2 is 1.06 bits per heavy atom. The number of nitrogens with one attached hydrogen (secondary N) is 1. The molecule has 3 aromatic heterocycles. The van der Waals surface area contributed by atoms with Crippen LogP contribution in [0.3, 0.4) is 0 Å². The number of pyridine rings is 3. The summed E-state index contributed by atoms with van der Waals surface area (Å²) in [5.74, 6) is 0. The van der Waals surface area contributed by atoms with Crippen LogP contribution in [0.25, 0.3) is 32.7 Å². The lowest BCUT2D eigenvalue weighted by Crippen LogP contribution is -2.10. The summed E-state index contributed by atoms with van der Waals surface area (Å²) in [6.07, 6.45) is 0. The van der Waals surface area contributed by atoms with Gasteiger partial charge in [0.15, 0.2) is 0 Å². The van der Waals surface area contributed by atoms with E-state index in [0.29, 0.717) is 4.64 Å². The normalized spacial score (nSPS) is 11.4. The van der Waals surface area contributed by atoms with Gasteiger partial charge in [-0.15, -0.1) is 0 Å². The summed E-state index contributed by atoms with van der Waals surface area (Å²) in [6.45, 7) is 4.04. The van der Waals surface area contributed by atoms with Crippen LogP contribution >= 0.6 is 12.2 Å².